The van der Waals surface area contributed by atoms with Gasteiger partial charge in [-0.25, -0.2) is 0 Å². The van der Waals surface area contributed by atoms with E-state index in [-0.39, 0.29) is 11.5 Å². The van der Waals surface area contributed by atoms with Crippen molar-refractivity contribution in [3.8, 4) is 0 Å². The highest BCUT2D eigenvalue weighted by Gasteiger charge is 2.33. The van der Waals surface area contributed by atoms with Crippen molar-refractivity contribution >= 4 is 0 Å². The minimum atomic E-state index is 0.0928. The van der Waals surface area contributed by atoms with E-state index in [1.807, 2.05) is 0 Å². The molecule has 1 saturated heterocycles. The number of hydrogen-bond donors (Lipinski definition) is 1. The van der Waals surface area contributed by atoms with Gasteiger partial charge in [-0.15, -0.1) is 0 Å². The van der Waals surface area contributed by atoms with Crippen molar-refractivity contribution in [3.63, 3.8) is 0 Å². The van der Waals surface area contributed by atoms with Crippen LogP contribution >= 0.6 is 0 Å². The summed E-state index contributed by atoms with van der Waals surface area (Å²) in [6.07, 6.45) is 2.64. The van der Waals surface area contributed by atoms with Gasteiger partial charge in [-0.2, -0.15) is 0 Å². The van der Waals surface area contributed by atoms with Gasteiger partial charge in [-0.05, 0) is 43.2 Å². The Morgan fingerprint density at radius 1 is 1.25 bits per heavy atom. The molecule has 2 rings (SSSR count). The first-order valence-electron chi connectivity index (χ1n) is 7.95. The molecular formula is C18H30N2. The van der Waals surface area contributed by atoms with Crippen LogP contribution in [-0.4, -0.2) is 24.0 Å². The first-order valence-corrected chi connectivity index (χ1v) is 7.95. The molecule has 0 aliphatic carbocycles. The predicted octanol–water partition coefficient (Wildman–Crippen LogP) is 3.83. The second-order valence-electron chi connectivity index (χ2n) is 7.33. The van der Waals surface area contributed by atoms with Crippen molar-refractivity contribution in [1.29, 1.82) is 0 Å². The van der Waals surface area contributed by atoms with E-state index in [0.29, 0.717) is 6.04 Å². The molecule has 3 atom stereocenters. The number of nitrogens with two attached hydrogens (primary N) is 1. The van der Waals surface area contributed by atoms with Crippen LogP contribution < -0.4 is 5.73 Å². The van der Waals surface area contributed by atoms with Crippen LogP contribution in [-0.2, 0) is 0 Å². The maximum absolute atomic E-state index is 6.54. The summed E-state index contributed by atoms with van der Waals surface area (Å²) < 4.78 is 0. The molecule has 1 aliphatic rings. The fourth-order valence-corrected chi connectivity index (χ4v) is 3.42. The zero-order valence-electron chi connectivity index (χ0n) is 13.5. The van der Waals surface area contributed by atoms with Gasteiger partial charge in [0, 0.05) is 18.6 Å². The van der Waals surface area contributed by atoms with Crippen molar-refractivity contribution in [1.82, 2.24) is 4.90 Å². The SMILES string of the molecule is CC1CCN(CC(C)(C)C(N)c2ccccc2)C(C)C1. The zero-order chi connectivity index (χ0) is 14.8. The van der Waals surface area contributed by atoms with Crippen molar-refractivity contribution in [2.45, 2.75) is 52.6 Å². The second-order valence-corrected chi connectivity index (χ2v) is 7.33. The van der Waals surface area contributed by atoms with Crippen LogP contribution in [0.1, 0.15) is 52.1 Å². The van der Waals surface area contributed by atoms with E-state index in [9.17, 15) is 0 Å². The van der Waals surface area contributed by atoms with Crippen LogP contribution in [0, 0.1) is 11.3 Å². The van der Waals surface area contributed by atoms with Gasteiger partial charge >= 0.3 is 0 Å². The molecular weight excluding hydrogens is 244 g/mol. The van der Waals surface area contributed by atoms with Crippen LogP contribution in [0.2, 0.25) is 0 Å². The maximum atomic E-state index is 6.54. The first-order chi connectivity index (χ1) is 9.40. The lowest BCUT2D eigenvalue weighted by atomic mass is 9.79. The normalized spacial score (nSPS) is 26.4. The molecule has 0 aromatic heterocycles. The maximum Gasteiger partial charge on any atom is 0.0359 e. The minimum Gasteiger partial charge on any atom is -0.323 e. The molecule has 1 aromatic rings. The average molecular weight is 274 g/mol. The Morgan fingerprint density at radius 2 is 1.90 bits per heavy atom. The Labute approximate surface area is 124 Å². The first kappa shape index (κ1) is 15.5. The Balaban J connectivity index is 2.03. The standard InChI is InChI=1S/C18H30N2/c1-14-10-11-20(15(2)12-14)13-18(3,4)17(19)16-8-6-5-7-9-16/h5-9,14-15,17H,10-13,19H2,1-4H3. The smallest absolute Gasteiger partial charge is 0.0359 e. The van der Waals surface area contributed by atoms with Crippen molar-refractivity contribution in [3.05, 3.63) is 35.9 Å². The Morgan fingerprint density at radius 3 is 2.50 bits per heavy atom. The summed E-state index contributed by atoms with van der Waals surface area (Å²) >= 11 is 0. The highest BCUT2D eigenvalue weighted by Crippen LogP contribution is 2.34. The molecule has 0 bridgehead atoms. The Kier molecular flexibility index (Phi) is 4.87. The van der Waals surface area contributed by atoms with Gasteiger partial charge in [0.25, 0.3) is 0 Å². The highest BCUT2D eigenvalue weighted by atomic mass is 15.2. The van der Waals surface area contributed by atoms with Crippen molar-refractivity contribution in [2.24, 2.45) is 17.1 Å². The largest absolute Gasteiger partial charge is 0.323 e. The Hall–Kier alpha value is -0.860. The lowest BCUT2D eigenvalue weighted by molar-refractivity contribution is 0.0732. The minimum absolute atomic E-state index is 0.0928. The third-order valence-corrected chi connectivity index (χ3v) is 4.89. The summed E-state index contributed by atoms with van der Waals surface area (Å²) in [7, 11) is 0. The fourth-order valence-electron chi connectivity index (χ4n) is 3.42. The predicted molar refractivity (Wildman–Crippen MR) is 86.6 cm³/mol. The van der Waals surface area contributed by atoms with Gasteiger partial charge in [0.1, 0.15) is 0 Å². The summed E-state index contributed by atoms with van der Waals surface area (Å²) in [6, 6.07) is 11.3. The topological polar surface area (TPSA) is 29.3 Å². The van der Waals surface area contributed by atoms with Crippen LogP contribution in [0.5, 0.6) is 0 Å². The molecule has 2 nitrogen and oxygen atoms in total. The molecule has 0 amide bonds. The highest BCUT2D eigenvalue weighted by molar-refractivity contribution is 5.20. The molecule has 1 aromatic carbocycles. The van der Waals surface area contributed by atoms with Gasteiger partial charge in [0.15, 0.2) is 0 Å². The number of piperidine rings is 1. The average Bonchev–Trinajstić information content (AvgIpc) is 2.42. The van der Waals surface area contributed by atoms with E-state index < -0.39 is 0 Å². The lowest BCUT2D eigenvalue weighted by Gasteiger charge is -2.43. The summed E-state index contributed by atoms with van der Waals surface area (Å²) in [5, 5.41) is 0. The van der Waals surface area contributed by atoms with Gasteiger partial charge in [0.05, 0.1) is 0 Å². The van der Waals surface area contributed by atoms with E-state index in [1.54, 1.807) is 0 Å². The summed E-state index contributed by atoms with van der Waals surface area (Å²) in [4.78, 5) is 2.63. The quantitative estimate of drug-likeness (QED) is 0.904. The molecule has 3 unspecified atom stereocenters. The molecule has 0 saturated carbocycles. The van der Waals surface area contributed by atoms with Crippen LogP contribution in [0.4, 0.5) is 0 Å². The fraction of sp³-hybridized carbons (Fsp3) is 0.667. The molecule has 2 N–H and O–H groups in total. The van der Waals surface area contributed by atoms with Gasteiger partial charge < -0.3 is 10.6 Å². The zero-order valence-corrected chi connectivity index (χ0v) is 13.5. The summed E-state index contributed by atoms with van der Waals surface area (Å²) in [6.45, 7) is 11.6. The monoisotopic (exact) mass is 274 g/mol. The number of rotatable bonds is 4. The van der Waals surface area contributed by atoms with Gasteiger partial charge in [-0.3, -0.25) is 0 Å². The molecule has 0 spiro atoms. The van der Waals surface area contributed by atoms with E-state index >= 15 is 0 Å². The molecule has 1 aliphatic heterocycles. The summed E-state index contributed by atoms with van der Waals surface area (Å²) in [5.74, 6) is 0.868. The van der Waals surface area contributed by atoms with Crippen molar-refractivity contribution < 1.29 is 0 Å². The Bertz CT molecular complexity index is 413. The number of nitrogens with zero attached hydrogens (tertiary/aromatic N) is 1. The third-order valence-electron chi connectivity index (χ3n) is 4.89. The second kappa shape index (κ2) is 6.28. The van der Waals surface area contributed by atoms with Crippen molar-refractivity contribution in [2.75, 3.05) is 13.1 Å². The van der Waals surface area contributed by atoms with Gasteiger partial charge in [-0.1, -0.05) is 51.1 Å². The van der Waals surface area contributed by atoms with E-state index in [4.69, 9.17) is 5.73 Å². The van der Waals surface area contributed by atoms with Crippen LogP contribution in [0.25, 0.3) is 0 Å². The van der Waals surface area contributed by atoms with Crippen LogP contribution in [0.3, 0.4) is 0 Å². The summed E-state index contributed by atoms with van der Waals surface area (Å²) in [5.41, 5.74) is 7.88. The van der Waals surface area contributed by atoms with E-state index in [1.165, 1.54) is 24.9 Å². The molecule has 1 heterocycles. The van der Waals surface area contributed by atoms with E-state index in [0.717, 1.165) is 12.5 Å². The molecule has 1 fully saturated rings. The molecule has 0 radical (unpaired) electrons. The molecule has 2 heteroatoms. The lowest BCUT2D eigenvalue weighted by Crippen LogP contribution is -2.47. The number of benzene rings is 1. The van der Waals surface area contributed by atoms with E-state index in [2.05, 4.69) is 62.9 Å². The van der Waals surface area contributed by atoms with Gasteiger partial charge in [0.2, 0.25) is 0 Å². The van der Waals surface area contributed by atoms with Crippen LogP contribution in [0.15, 0.2) is 30.3 Å². The third kappa shape index (κ3) is 3.62. The molecule has 20 heavy (non-hydrogen) atoms. The molecule has 112 valence electrons. The number of likely N-dealkylation sites (tertiary alicyclic amines) is 1. The number of hydrogen-bond acceptors (Lipinski definition) is 2.